The van der Waals surface area contributed by atoms with Crippen LogP contribution in [0.25, 0.3) is 10.9 Å². The fourth-order valence-electron chi connectivity index (χ4n) is 8.12. The van der Waals surface area contributed by atoms with Gasteiger partial charge in [0.15, 0.2) is 11.5 Å². The molecule has 5 unspecified atom stereocenters. The van der Waals surface area contributed by atoms with Gasteiger partial charge in [0.1, 0.15) is 28.8 Å². The van der Waals surface area contributed by atoms with Crippen molar-refractivity contribution in [1.82, 2.24) is 20.5 Å². The van der Waals surface area contributed by atoms with Gasteiger partial charge in [-0.2, -0.15) is 0 Å². The average molecular weight is 717 g/mol. The van der Waals surface area contributed by atoms with Crippen molar-refractivity contribution in [1.29, 1.82) is 0 Å². The largest absolute Gasteiger partial charge is 0.482 e. The number of hydrogen-bond acceptors (Lipinski definition) is 9. The molecule has 3 aliphatic heterocycles. The van der Waals surface area contributed by atoms with Crippen molar-refractivity contribution in [3.63, 3.8) is 0 Å². The van der Waals surface area contributed by atoms with E-state index in [2.05, 4.69) is 10.6 Å². The highest BCUT2D eigenvalue weighted by molar-refractivity contribution is 6.11. The van der Waals surface area contributed by atoms with E-state index in [9.17, 15) is 24.0 Å². The Bertz CT molecular complexity index is 1800. The van der Waals surface area contributed by atoms with Crippen LogP contribution in [0, 0.1) is 12.8 Å². The maximum Gasteiger partial charge on any atom is 0.408 e. The van der Waals surface area contributed by atoms with Gasteiger partial charge in [0.25, 0.3) is 0 Å². The number of carbonyl (C=O) groups is 5. The number of nitrogens with one attached hydrogen (secondary N) is 2. The third-order valence-electron chi connectivity index (χ3n) is 10.8. The number of ketones is 1. The highest BCUT2D eigenvalue weighted by atomic mass is 16.6. The first-order valence-electron chi connectivity index (χ1n) is 18.8. The standard InChI is InChI=1S/C40H52N4O8/c1-7-27-33-32(26-20-24(3)16-17-28(26)41-27)31(45)22-39(51-33)21-30-34(46)43-40(36(48)50-8-2)19-18-25(40)14-12-10-9-11-13-15-29(35(47)44(30)23-39)42-37(49)52-38(4,5)6/h12,14,16-17,20,25,29-30H,7-11,13,15,18-19,21-23H2,1-6H3,(H,42,49)(H,43,46). The van der Waals surface area contributed by atoms with Crippen LogP contribution >= 0.6 is 0 Å². The van der Waals surface area contributed by atoms with E-state index in [1.165, 1.54) is 4.90 Å². The monoisotopic (exact) mass is 716 g/mol. The Morgan fingerprint density at radius 2 is 1.90 bits per heavy atom. The number of aromatic nitrogens is 1. The van der Waals surface area contributed by atoms with E-state index < -0.39 is 52.7 Å². The van der Waals surface area contributed by atoms with Crippen molar-refractivity contribution in [3.8, 4) is 5.75 Å². The molecule has 4 aliphatic rings. The normalized spacial score (nSPS) is 28.0. The molecule has 1 saturated heterocycles. The zero-order chi connectivity index (χ0) is 37.4. The summed E-state index contributed by atoms with van der Waals surface area (Å²) in [5, 5.41) is 6.53. The number of hydrogen-bond donors (Lipinski definition) is 2. The number of fused-ring (bicyclic) bond motifs is 5. The van der Waals surface area contributed by atoms with Crippen molar-refractivity contribution in [3.05, 3.63) is 47.2 Å². The van der Waals surface area contributed by atoms with Gasteiger partial charge in [-0.25, -0.2) is 14.6 Å². The van der Waals surface area contributed by atoms with E-state index in [0.29, 0.717) is 60.0 Å². The minimum Gasteiger partial charge on any atom is -0.482 e. The van der Waals surface area contributed by atoms with E-state index >= 15 is 0 Å². The van der Waals surface area contributed by atoms with E-state index in [1.807, 2.05) is 44.2 Å². The first-order chi connectivity index (χ1) is 24.7. The van der Waals surface area contributed by atoms with Crippen LogP contribution in [0.15, 0.2) is 30.4 Å². The zero-order valence-corrected chi connectivity index (χ0v) is 31.3. The Kier molecular flexibility index (Phi) is 10.4. The molecule has 2 aromatic rings. The number of allylic oxidation sites excluding steroid dienone is 1. The predicted octanol–water partition coefficient (Wildman–Crippen LogP) is 5.65. The Morgan fingerprint density at radius 3 is 2.60 bits per heavy atom. The summed E-state index contributed by atoms with van der Waals surface area (Å²) in [7, 11) is 0. The van der Waals surface area contributed by atoms with Gasteiger partial charge >= 0.3 is 12.1 Å². The van der Waals surface area contributed by atoms with Crippen LogP contribution in [0.1, 0.15) is 114 Å². The van der Waals surface area contributed by atoms with E-state index in [1.54, 1.807) is 27.7 Å². The molecule has 52 heavy (non-hydrogen) atoms. The number of esters is 1. The van der Waals surface area contributed by atoms with Gasteiger partial charge < -0.3 is 29.7 Å². The SMILES string of the molecule is CCOC(=O)C12CCC1C=CCCCCCC(NC(=O)OC(C)(C)C)C(=O)N1CC3(CC(=O)c4c(c(CC)nc5ccc(C)cc45)O3)CC1C(=O)N2. The van der Waals surface area contributed by atoms with Gasteiger partial charge in [-0.05, 0) is 85.3 Å². The molecule has 0 bridgehead atoms. The number of rotatable bonds is 4. The zero-order valence-electron chi connectivity index (χ0n) is 31.3. The molecule has 4 heterocycles. The molecular formula is C40H52N4O8. The highest BCUT2D eigenvalue weighted by Crippen LogP contribution is 2.46. The Morgan fingerprint density at radius 1 is 1.12 bits per heavy atom. The third kappa shape index (κ3) is 7.25. The van der Waals surface area contributed by atoms with Gasteiger partial charge in [-0.15, -0.1) is 0 Å². The van der Waals surface area contributed by atoms with E-state index in [-0.39, 0.29) is 37.7 Å². The molecule has 6 rings (SSSR count). The van der Waals surface area contributed by atoms with Crippen molar-refractivity contribution < 1.29 is 38.2 Å². The summed E-state index contributed by atoms with van der Waals surface area (Å²) in [4.78, 5) is 76.4. The molecule has 12 nitrogen and oxygen atoms in total. The molecule has 1 aromatic carbocycles. The van der Waals surface area contributed by atoms with Crippen molar-refractivity contribution >= 4 is 40.6 Å². The molecule has 3 amide bonds. The first kappa shape index (κ1) is 37.3. The summed E-state index contributed by atoms with van der Waals surface area (Å²) in [5.41, 5.74) is -0.562. The van der Waals surface area contributed by atoms with Crippen LogP contribution in [-0.2, 0) is 30.3 Å². The minimum absolute atomic E-state index is 0.00330. The molecule has 0 radical (unpaired) electrons. The fourth-order valence-corrected chi connectivity index (χ4v) is 8.12. The lowest BCUT2D eigenvalue weighted by Gasteiger charge is -2.47. The second kappa shape index (κ2) is 14.5. The number of amides is 3. The molecule has 5 atom stereocenters. The van der Waals surface area contributed by atoms with Gasteiger partial charge in [0.2, 0.25) is 11.8 Å². The summed E-state index contributed by atoms with van der Waals surface area (Å²) >= 11 is 0. The number of Topliss-reactive ketones (excluding diaryl/α,β-unsaturated/α-hetero) is 1. The van der Waals surface area contributed by atoms with Crippen molar-refractivity contribution in [2.24, 2.45) is 5.92 Å². The van der Waals surface area contributed by atoms with Gasteiger partial charge in [-0.1, -0.05) is 43.5 Å². The number of pyridine rings is 1. The summed E-state index contributed by atoms with van der Waals surface area (Å²) in [6.45, 7) is 10.9. The quantitative estimate of drug-likeness (QED) is 0.302. The van der Waals surface area contributed by atoms with Crippen LogP contribution in [0.5, 0.6) is 5.75 Å². The first-order valence-corrected chi connectivity index (χ1v) is 18.8. The van der Waals surface area contributed by atoms with Crippen LogP contribution in [0.4, 0.5) is 4.79 Å². The van der Waals surface area contributed by atoms with E-state index in [4.69, 9.17) is 19.2 Å². The minimum atomic E-state index is -1.28. The van der Waals surface area contributed by atoms with Gasteiger partial charge in [0, 0.05) is 17.7 Å². The van der Waals surface area contributed by atoms with Crippen LogP contribution in [0.2, 0.25) is 0 Å². The molecular weight excluding hydrogens is 664 g/mol. The lowest BCUT2D eigenvalue weighted by atomic mass is 9.66. The number of alkyl carbamates (subject to hydrolysis) is 1. The fraction of sp³-hybridized carbons (Fsp3) is 0.600. The topological polar surface area (TPSA) is 153 Å². The maximum atomic E-state index is 14.7. The molecule has 1 aromatic heterocycles. The smallest absolute Gasteiger partial charge is 0.408 e. The lowest BCUT2D eigenvalue weighted by molar-refractivity contribution is -0.161. The Hall–Kier alpha value is -4.48. The summed E-state index contributed by atoms with van der Waals surface area (Å²) in [6.07, 6.45) is 8.23. The summed E-state index contributed by atoms with van der Waals surface area (Å²) in [5.74, 6) is -1.56. The second-order valence-corrected chi connectivity index (χ2v) is 15.8. The molecule has 1 saturated carbocycles. The number of nitrogens with zero attached hydrogens (tertiary/aromatic N) is 2. The lowest BCUT2D eigenvalue weighted by Crippen LogP contribution is -2.67. The van der Waals surface area contributed by atoms with Crippen LogP contribution in [-0.4, -0.2) is 81.5 Å². The molecule has 1 aliphatic carbocycles. The number of carbonyl (C=O) groups excluding carboxylic acids is 5. The number of aryl methyl sites for hydroxylation is 2. The molecule has 280 valence electrons. The molecule has 12 heteroatoms. The van der Waals surface area contributed by atoms with Crippen LogP contribution in [0.3, 0.4) is 0 Å². The van der Waals surface area contributed by atoms with E-state index in [0.717, 1.165) is 24.8 Å². The molecule has 1 spiro atoms. The highest BCUT2D eigenvalue weighted by Gasteiger charge is 2.59. The average Bonchev–Trinajstić information content (AvgIpc) is 3.43. The third-order valence-corrected chi connectivity index (χ3v) is 10.8. The Labute approximate surface area is 305 Å². The maximum absolute atomic E-state index is 14.7. The molecule has 2 N–H and O–H groups in total. The Balaban J connectivity index is 1.41. The number of benzene rings is 1. The van der Waals surface area contributed by atoms with Crippen molar-refractivity contribution in [2.45, 2.75) is 135 Å². The summed E-state index contributed by atoms with van der Waals surface area (Å²) in [6, 6.07) is 3.68. The van der Waals surface area contributed by atoms with Crippen LogP contribution < -0.4 is 15.4 Å². The van der Waals surface area contributed by atoms with Gasteiger partial charge in [0.05, 0.1) is 36.3 Å². The molecule has 2 fully saturated rings. The number of ether oxygens (including phenoxy) is 3. The second-order valence-electron chi connectivity index (χ2n) is 15.8. The van der Waals surface area contributed by atoms with Crippen molar-refractivity contribution in [2.75, 3.05) is 13.2 Å². The summed E-state index contributed by atoms with van der Waals surface area (Å²) < 4.78 is 17.9. The van der Waals surface area contributed by atoms with Gasteiger partial charge in [-0.3, -0.25) is 14.4 Å². The predicted molar refractivity (Wildman–Crippen MR) is 194 cm³/mol.